The number of methoxy groups -OCH3 is 1. The van der Waals surface area contributed by atoms with E-state index in [1.165, 1.54) is 17.5 Å². The van der Waals surface area contributed by atoms with E-state index in [-0.39, 0.29) is 12.0 Å². The van der Waals surface area contributed by atoms with Crippen molar-refractivity contribution < 1.29 is 14.3 Å². The van der Waals surface area contributed by atoms with E-state index in [1.807, 2.05) is 11.8 Å². The molecule has 2 unspecified atom stereocenters. The van der Waals surface area contributed by atoms with E-state index in [2.05, 4.69) is 46.5 Å². The first-order chi connectivity index (χ1) is 15.5. The molecule has 7 nitrogen and oxygen atoms in total. The molecule has 4 rings (SSSR count). The number of hydrogen-bond donors (Lipinski definition) is 1. The van der Waals surface area contributed by atoms with Gasteiger partial charge < -0.3 is 19.7 Å². The van der Waals surface area contributed by atoms with Gasteiger partial charge in [-0.1, -0.05) is 29.8 Å². The molecule has 0 spiro atoms. The van der Waals surface area contributed by atoms with Crippen molar-refractivity contribution in [3.63, 3.8) is 0 Å². The largest absolute Gasteiger partial charge is 0.379 e. The third-order valence-corrected chi connectivity index (χ3v) is 6.68. The number of benzene rings is 1. The first-order valence-corrected chi connectivity index (χ1v) is 11.6. The Kier molecular flexibility index (Phi) is 7.50. The van der Waals surface area contributed by atoms with Crippen molar-refractivity contribution in [2.75, 3.05) is 33.4 Å². The molecule has 2 aliphatic rings. The minimum absolute atomic E-state index is 0.00896. The number of hydrogen-bond acceptors (Lipinski definition) is 6. The predicted molar refractivity (Wildman–Crippen MR) is 123 cm³/mol. The van der Waals surface area contributed by atoms with Gasteiger partial charge >= 0.3 is 0 Å². The maximum atomic E-state index is 13.3. The molecule has 32 heavy (non-hydrogen) atoms. The Morgan fingerprint density at radius 3 is 2.78 bits per heavy atom. The van der Waals surface area contributed by atoms with Gasteiger partial charge in [0.15, 0.2) is 0 Å². The standard InChI is InChI=1S/C25H34N4O3/c1-17-5-4-6-19(13-17)14-22-18(2)24(27-16-26-22)25(30)29-10-7-20(8-11-29)28-21-9-12-32-15-23(21)31-3/h4-6,13,16,20-21,23,28H,7-12,14-15H2,1-3H3. The molecular weight excluding hydrogens is 404 g/mol. The number of nitrogens with zero attached hydrogens (tertiary/aromatic N) is 3. The van der Waals surface area contributed by atoms with E-state index in [0.29, 0.717) is 30.8 Å². The maximum Gasteiger partial charge on any atom is 0.272 e. The summed E-state index contributed by atoms with van der Waals surface area (Å²) in [5.74, 6) is 0.00896. The number of piperidine rings is 1. The molecule has 7 heteroatoms. The van der Waals surface area contributed by atoms with Gasteiger partial charge in [0, 0.05) is 50.9 Å². The molecule has 0 saturated carbocycles. The van der Waals surface area contributed by atoms with Gasteiger partial charge in [0.05, 0.1) is 18.4 Å². The van der Waals surface area contributed by atoms with Gasteiger partial charge in [-0.15, -0.1) is 0 Å². The lowest BCUT2D eigenvalue weighted by atomic mass is 9.99. The second-order valence-electron chi connectivity index (χ2n) is 8.94. The average molecular weight is 439 g/mol. The molecule has 0 bridgehead atoms. The van der Waals surface area contributed by atoms with Crippen LogP contribution >= 0.6 is 0 Å². The normalized spacial score (nSPS) is 22.2. The smallest absolute Gasteiger partial charge is 0.272 e. The summed E-state index contributed by atoms with van der Waals surface area (Å²) in [5, 5.41) is 3.74. The Hall–Kier alpha value is -2.35. The Morgan fingerprint density at radius 2 is 2.03 bits per heavy atom. The number of likely N-dealkylation sites (tertiary alicyclic amines) is 1. The van der Waals surface area contributed by atoms with Gasteiger partial charge in [0.2, 0.25) is 0 Å². The van der Waals surface area contributed by atoms with E-state index in [1.54, 1.807) is 7.11 Å². The first kappa shape index (κ1) is 22.8. The Morgan fingerprint density at radius 1 is 1.22 bits per heavy atom. The van der Waals surface area contributed by atoms with Crippen molar-refractivity contribution in [3.8, 4) is 0 Å². The molecule has 3 heterocycles. The van der Waals surface area contributed by atoms with Crippen molar-refractivity contribution in [1.29, 1.82) is 0 Å². The number of aromatic nitrogens is 2. The third kappa shape index (κ3) is 5.34. The molecule has 2 fully saturated rings. The Bertz CT molecular complexity index is 927. The highest BCUT2D eigenvalue weighted by atomic mass is 16.5. The van der Waals surface area contributed by atoms with Crippen LogP contribution in [-0.4, -0.2) is 72.4 Å². The number of carbonyl (C=O) groups is 1. The number of aryl methyl sites for hydroxylation is 1. The van der Waals surface area contributed by atoms with Crippen LogP contribution in [0, 0.1) is 13.8 Å². The second kappa shape index (κ2) is 10.5. The minimum atomic E-state index is 0.00896. The summed E-state index contributed by atoms with van der Waals surface area (Å²) < 4.78 is 11.1. The summed E-state index contributed by atoms with van der Waals surface area (Å²) in [6.45, 7) is 6.92. The van der Waals surface area contributed by atoms with Crippen molar-refractivity contribution in [3.05, 3.63) is 58.7 Å². The fraction of sp³-hybridized carbons (Fsp3) is 0.560. The third-order valence-electron chi connectivity index (χ3n) is 6.68. The van der Waals surface area contributed by atoms with E-state index < -0.39 is 0 Å². The van der Waals surface area contributed by atoms with Gasteiger partial charge in [-0.05, 0) is 38.7 Å². The van der Waals surface area contributed by atoms with Gasteiger partial charge in [0.25, 0.3) is 5.91 Å². The van der Waals surface area contributed by atoms with E-state index in [0.717, 1.165) is 50.2 Å². The molecule has 1 amide bonds. The zero-order chi connectivity index (χ0) is 22.5. The summed E-state index contributed by atoms with van der Waals surface area (Å²) in [6, 6.07) is 9.10. The Balaban J connectivity index is 1.37. The molecule has 0 aliphatic carbocycles. The highest BCUT2D eigenvalue weighted by Gasteiger charge is 2.31. The first-order valence-electron chi connectivity index (χ1n) is 11.6. The molecular formula is C25H34N4O3. The minimum Gasteiger partial charge on any atom is -0.379 e. The number of rotatable bonds is 6. The number of nitrogens with one attached hydrogen (secondary N) is 1. The molecule has 2 aromatic rings. The van der Waals surface area contributed by atoms with Crippen LogP contribution in [0.4, 0.5) is 0 Å². The fourth-order valence-corrected chi connectivity index (χ4v) is 4.73. The van der Waals surface area contributed by atoms with Crippen LogP contribution in [0.5, 0.6) is 0 Å². The van der Waals surface area contributed by atoms with Crippen molar-refractivity contribution in [2.45, 2.75) is 57.7 Å². The molecule has 1 aromatic carbocycles. The lowest BCUT2D eigenvalue weighted by molar-refractivity contribution is -0.0533. The monoisotopic (exact) mass is 438 g/mol. The van der Waals surface area contributed by atoms with Gasteiger partial charge in [-0.2, -0.15) is 0 Å². The van der Waals surface area contributed by atoms with Crippen LogP contribution in [0.25, 0.3) is 0 Å². The van der Waals surface area contributed by atoms with Gasteiger partial charge in [-0.3, -0.25) is 4.79 Å². The highest BCUT2D eigenvalue weighted by molar-refractivity contribution is 5.93. The van der Waals surface area contributed by atoms with Crippen LogP contribution < -0.4 is 5.32 Å². The zero-order valence-corrected chi connectivity index (χ0v) is 19.3. The maximum absolute atomic E-state index is 13.3. The van der Waals surface area contributed by atoms with Gasteiger partial charge in [0.1, 0.15) is 12.0 Å². The summed E-state index contributed by atoms with van der Waals surface area (Å²) in [7, 11) is 1.74. The Labute approximate surface area is 190 Å². The molecule has 0 radical (unpaired) electrons. The van der Waals surface area contributed by atoms with Crippen LogP contribution in [0.3, 0.4) is 0 Å². The average Bonchev–Trinajstić information content (AvgIpc) is 2.81. The van der Waals surface area contributed by atoms with Crippen LogP contribution in [0.15, 0.2) is 30.6 Å². The van der Waals surface area contributed by atoms with E-state index >= 15 is 0 Å². The summed E-state index contributed by atoms with van der Waals surface area (Å²) >= 11 is 0. The lowest BCUT2D eigenvalue weighted by Crippen LogP contribution is -2.54. The molecule has 172 valence electrons. The highest BCUT2D eigenvalue weighted by Crippen LogP contribution is 2.20. The molecule has 1 aromatic heterocycles. The topological polar surface area (TPSA) is 76.6 Å². The number of ether oxygens (including phenoxy) is 2. The van der Waals surface area contributed by atoms with Crippen molar-refractivity contribution >= 4 is 5.91 Å². The van der Waals surface area contributed by atoms with E-state index in [9.17, 15) is 4.79 Å². The predicted octanol–water partition coefficient (Wildman–Crippen LogP) is 2.68. The van der Waals surface area contributed by atoms with Crippen molar-refractivity contribution in [2.24, 2.45) is 0 Å². The number of amides is 1. The van der Waals surface area contributed by atoms with Crippen molar-refractivity contribution in [1.82, 2.24) is 20.2 Å². The van der Waals surface area contributed by atoms with Crippen LogP contribution in [-0.2, 0) is 15.9 Å². The van der Waals surface area contributed by atoms with E-state index in [4.69, 9.17) is 9.47 Å². The second-order valence-corrected chi connectivity index (χ2v) is 8.94. The quantitative estimate of drug-likeness (QED) is 0.747. The summed E-state index contributed by atoms with van der Waals surface area (Å²) in [4.78, 5) is 24.0. The SMILES string of the molecule is COC1COCCC1NC1CCN(C(=O)c2ncnc(Cc3cccc(C)c3)c2C)CC1. The molecule has 2 aliphatic heterocycles. The zero-order valence-electron chi connectivity index (χ0n) is 19.3. The van der Waals surface area contributed by atoms with Gasteiger partial charge in [-0.25, -0.2) is 9.97 Å². The summed E-state index contributed by atoms with van der Waals surface area (Å²) in [5.41, 5.74) is 4.73. The molecule has 2 saturated heterocycles. The molecule has 1 N–H and O–H groups in total. The lowest BCUT2D eigenvalue weighted by Gasteiger charge is -2.38. The van der Waals surface area contributed by atoms with Crippen LogP contribution in [0.1, 0.15) is 52.1 Å². The molecule has 2 atom stereocenters. The number of carbonyl (C=O) groups excluding carboxylic acids is 1. The summed E-state index contributed by atoms with van der Waals surface area (Å²) in [6.07, 6.45) is 5.14. The fourth-order valence-electron chi connectivity index (χ4n) is 4.73. The van der Waals surface area contributed by atoms with Crippen LogP contribution in [0.2, 0.25) is 0 Å².